The van der Waals surface area contributed by atoms with Crippen molar-refractivity contribution in [1.29, 1.82) is 0 Å². The maximum Gasteiger partial charge on any atom is 0.231 e. The molecule has 0 saturated heterocycles. The molecule has 0 bridgehead atoms. The van der Waals surface area contributed by atoms with Gasteiger partial charge in [-0.2, -0.15) is 0 Å². The van der Waals surface area contributed by atoms with Gasteiger partial charge in [-0.15, -0.1) is 0 Å². The molecule has 1 aliphatic rings. The van der Waals surface area contributed by atoms with Gasteiger partial charge >= 0.3 is 0 Å². The lowest BCUT2D eigenvalue weighted by Crippen LogP contribution is -2.09. The maximum atomic E-state index is 11.6. The average molecular weight is 257 g/mol. The number of ether oxygens (including phenoxy) is 2. The van der Waals surface area contributed by atoms with E-state index in [0.29, 0.717) is 17.1 Å². The molecule has 0 radical (unpaired) electrons. The molecule has 1 atom stereocenters. The maximum absolute atomic E-state index is 11.6. The van der Waals surface area contributed by atoms with Crippen molar-refractivity contribution < 1.29 is 14.3 Å². The van der Waals surface area contributed by atoms with E-state index in [0.717, 1.165) is 0 Å². The SMILES string of the molecule is CC(Br)C(=O)c1ccc2c(c1)OCO2. The molecule has 14 heavy (non-hydrogen) atoms. The van der Waals surface area contributed by atoms with Crippen molar-refractivity contribution in [3.8, 4) is 11.5 Å². The molecular weight excluding hydrogens is 248 g/mol. The van der Waals surface area contributed by atoms with Crippen LogP contribution in [0.15, 0.2) is 18.2 Å². The van der Waals surface area contributed by atoms with Gasteiger partial charge in [0.15, 0.2) is 17.3 Å². The summed E-state index contributed by atoms with van der Waals surface area (Å²) in [5, 5.41) is 0. The van der Waals surface area contributed by atoms with Crippen LogP contribution < -0.4 is 9.47 Å². The first-order chi connectivity index (χ1) is 6.68. The van der Waals surface area contributed by atoms with Gasteiger partial charge in [0.25, 0.3) is 0 Å². The number of hydrogen-bond donors (Lipinski definition) is 0. The van der Waals surface area contributed by atoms with E-state index < -0.39 is 0 Å². The third-order valence-electron chi connectivity index (χ3n) is 2.02. The second kappa shape index (κ2) is 3.61. The number of fused-ring (bicyclic) bond motifs is 1. The van der Waals surface area contributed by atoms with Gasteiger partial charge in [-0.1, -0.05) is 15.9 Å². The van der Waals surface area contributed by atoms with Gasteiger partial charge in [0, 0.05) is 5.56 Å². The number of carbonyl (C=O) groups excluding carboxylic acids is 1. The Morgan fingerprint density at radius 1 is 1.43 bits per heavy atom. The predicted molar refractivity (Wildman–Crippen MR) is 55.3 cm³/mol. The Balaban J connectivity index is 2.33. The summed E-state index contributed by atoms with van der Waals surface area (Å²) in [7, 11) is 0. The monoisotopic (exact) mass is 256 g/mol. The van der Waals surface area contributed by atoms with E-state index in [1.807, 2.05) is 0 Å². The van der Waals surface area contributed by atoms with E-state index >= 15 is 0 Å². The number of carbonyl (C=O) groups is 1. The minimum absolute atomic E-state index is 0.0447. The van der Waals surface area contributed by atoms with Gasteiger partial charge in [0.1, 0.15) is 0 Å². The van der Waals surface area contributed by atoms with Gasteiger partial charge < -0.3 is 9.47 Å². The second-order valence-corrected chi connectivity index (χ2v) is 4.42. The Morgan fingerprint density at radius 3 is 2.86 bits per heavy atom. The highest BCUT2D eigenvalue weighted by molar-refractivity contribution is 9.10. The molecular formula is C10H9BrO3. The van der Waals surface area contributed by atoms with Crippen molar-refractivity contribution in [2.24, 2.45) is 0 Å². The van der Waals surface area contributed by atoms with E-state index in [1.54, 1.807) is 25.1 Å². The molecule has 2 rings (SSSR count). The van der Waals surface area contributed by atoms with Crippen LogP contribution in [0.2, 0.25) is 0 Å². The predicted octanol–water partition coefficient (Wildman–Crippen LogP) is 2.38. The third-order valence-corrected chi connectivity index (χ3v) is 2.43. The first-order valence-electron chi connectivity index (χ1n) is 4.26. The highest BCUT2D eigenvalue weighted by atomic mass is 79.9. The van der Waals surface area contributed by atoms with Gasteiger partial charge in [0.05, 0.1) is 4.83 Å². The summed E-state index contributed by atoms with van der Waals surface area (Å²) >= 11 is 3.24. The Bertz CT molecular complexity index is 374. The van der Waals surface area contributed by atoms with Crippen LogP contribution in [0.25, 0.3) is 0 Å². The topological polar surface area (TPSA) is 35.5 Å². The van der Waals surface area contributed by atoms with Crippen LogP contribution in [0.3, 0.4) is 0 Å². The zero-order valence-electron chi connectivity index (χ0n) is 7.62. The fraction of sp³-hybridized carbons (Fsp3) is 0.300. The molecule has 1 unspecified atom stereocenters. The van der Waals surface area contributed by atoms with Gasteiger partial charge in [-0.3, -0.25) is 4.79 Å². The van der Waals surface area contributed by atoms with Crippen molar-refractivity contribution in [3.63, 3.8) is 0 Å². The van der Waals surface area contributed by atoms with Crippen LogP contribution in [-0.4, -0.2) is 17.4 Å². The lowest BCUT2D eigenvalue weighted by Gasteiger charge is -2.03. The molecule has 0 N–H and O–H groups in total. The highest BCUT2D eigenvalue weighted by Gasteiger charge is 2.18. The van der Waals surface area contributed by atoms with Crippen molar-refractivity contribution in [2.75, 3.05) is 6.79 Å². The Morgan fingerprint density at radius 2 is 2.14 bits per heavy atom. The third kappa shape index (κ3) is 1.62. The normalized spacial score (nSPS) is 15.3. The molecule has 1 aromatic carbocycles. The molecule has 3 nitrogen and oxygen atoms in total. The fourth-order valence-corrected chi connectivity index (χ4v) is 1.54. The summed E-state index contributed by atoms with van der Waals surface area (Å²) in [6.45, 7) is 2.03. The molecule has 0 aliphatic carbocycles. The van der Waals surface area contributed by atoms with E-state index in [4.69, 9.17) is 9.47 Å². The van der Waals surface area contributed by atoms with Crippen molar-refractivity contribution in [2.45, 2.75) is 11.8 Å². The Labute approximate surface area is 90.1 Å². The van der Waals surface area contributed by atoms with Crippen LogP contribution in [0.4, 0.5) is 0 Å². The number of Topliss-reactive ketones (excluding diaryl/α,β-unsaturated/α-hetero) is 1. The largest absolute Gasteiger partial charge is 0.454 e. The summed E-state index contributed by atoms with van der Waals surface area (Å²) in [6, 6.07) is 5.21. The molecule has 0 amide bonds. The van der Waals surface area contributed by atoms with E-state index in [9.17, 15) is 4.79 Å². The van der Waals surface area contributed by atoms with Gasteiger partial charge in [-0.05, 0) is 25.1 Å². The van der Waals surface area contributed by atoms with Crippen LogP contribution >= 0.6 is 15.9 Å². The smallest absolute Gasteiger partial charge is 0.231 e. The van der Waals surface area contributed by atoms with E-state index in [-0.39, 0.29) is 17.4 Å². The summed E-state index contributed by atoms with van der Waals surface area (Å²) in [5.41, 5.74) is 0.638. The van der Waals surface area contributed by atoms with Crippen LogP contribution in [0, 0.1) is 0 Å². The van der Waals surface area contributed by atoms with Crippen molar-refractivity contribution >= 4 is 21.7 Å². The van der Waals surface area contributed by atoms with E-state index in [1.165, 1.54) is 0 Å². The van der Waals surface area contributed by atoms with Gasteiger partial charge in [-0.25, -0.2) is 0 Å². The van der Waals surface area contributed by atoms with Crippen LogP contribution in [-0.2, 0) is 0 Å². The van der Waals surface area contributed by atoms with Crippen molar-refractivity contribution in [1.82, 2.24) is 0 Å². The highest BCUT2D eigenvalue weighted by Crippen LogP contribution is 2.33. The molecule has 1 aliphatic heterocycles. The molecule has 0 saturated carbocycles. The molecule has 0 spiro atoms. The molecule has 0 fully saturated rings. The zero-order valence-corrected chi connectivity index (χ0v) is 9.21. The summed E-state index contributed by atoms with van der Waals surface area (Å²) in [5.74, 6) is 1.39. The quantitative estimate of drug-likeness (QED) is 0.602. The lowest BCUT2D eigenvalue weighted by atomic mass is 10.1. The summed E-state index contributed by atoms with van der Waals surface area (Å²) in [6.07, 6.45) is 0. The number of rotatable bonds is 2. The first kappa shape index (κ1) is 9.52. The van der Waals surface area contributed by atoms with Gasteiger partial charge in [0.2, 0.25) is 6.79 Å². The summed E-state index contributed by atoms with van der Waals surface area (Å²) in [4.78, 5) is 11.4. The Hall–Kier alpha value is -1.03. The minimum atomic E-state index is -0.178. The molecule has 4 heteroatoms. The number of halogens is 1. The first-order valence-corrected chi connectivity index (χ1v) is 5.18. The number of ketones is 1. The summed E-state index contributed by atoms with van der Waals surface area (Å²) < 4.78 is 10.3. The average Bonchev–Trinajstić information content (AvgIpc) is 2.62. The minimum Gasteiger partial charge on any atom is -0.454 e. The second-order valence-electron chi connectivity index (χ2n) is 3.05. The molecule has 1 heterocycles. The van der Waals surface area contributed by atoms with Crippen LogP contribution in [0.1, 0.15) is 17.3 Å². The molecule has 1 aromatic rings. The fourth-order valence-electron chi connectivity index (χ4n) is 1.28. The number of alkyl halides is 1. The molecule has 0 aromatic heterocycles. The Kier molecular flexibility index (Phi) is 2.46. The van der Waals surface area contributed by atoms with Crippen LogP contribution in [0.5, 0.6) is 11.5 Å². The lowest BCUT2D eigenvalue weighted by molar-refractivity contribution is 0.0995. The van der Waals surface area contributed by atoms with Crippen molar-refractivity contribution in [3.05, 3.63) is 23.8 Å². The van der Waals surface area contributed by atoms with E-state index in [2.05, 4.69) is 15.9 Å². The standard InChI is InChI=1S/C10H9BrO3/c1-6(11)10(12)7-2-3-8-9(4-7)14-5-13-8/h2-4,6H,5H2,1H3. The molecule has 74 valence electrons. The number of benzene rings is 1. The number of hydrogen-bond acceptors (Lipinski definition) is 3. The zero-order chi connectivity index (χ0) is 10.1.